The van der Waals surface area contributed by atoms with Crippen LogP contribution in [0.3, 0.4) is 0 Å². The van der Waals surface area contributed by atoms with Gasteiger partial charge in [0.2, 0.25) is 0 Å². The van der Waals surface area contributed by atoms with E-state index in [1.807, 2.05) is 53.6 Å². The van der Waals surface area contributed by atoms with Crippen molar-refractivity contribution >= 4 is 11.5 Å². The topological polar surface area (TPSA) is 29.5 Å². The van der Waals surface area contributed by atoms with E-state index < -0.39 is 0 Å². The molecule has 3 heteroatoms. The zero-order valence-corrected chi connectivity index (χ0v) is 12.4. The molecular formula is C19H19NO2. The van der Waals surface area contributed by atoms with Crippen molar-refractivity contribution in [2.45, 2.75) is 31.4 Å². The predicted molar refractivity (Wildman–Crippen MR) is 85.3 cm³/mol. The molecule has 2 fully saturated rings. The molecule has 0 amide bonds. The van der Waals surface area contributed by atoms with Gasteiger partial charge in [0.15, 0.2) is 0 Å². The van der Waals surface area contributed by atoms with Crippen LogP contribution in [-0.2, 0) is 9.63 Å². The Balaban J connectivity index is 1.78. The Bertz CT molecular complexity index is 656. The van der Waals surface area contributed by atoms with E-state index in [-0.39, 0.29) is 18.1 Å². The number of hydrogen-bond donors (Lipinski definition) is 0. The van der Waals surface area contributed by atoms with Crippen molar-refractivity contribution in [2.75, 3.05) is 5.06 Å². The van der Waals surface area contributed by atoms with Gasteiger partial charge in [-0.1, -0.05) is 48.5 Å². The Labute approximate surface area is 130 Å². The van der Waals surface area contributed by atoms with Gasteiger partial charge in [0, 0.05) is 6.42 Å². The van der Waals surface area contributed by atoms with Crippen LogP contribution in [0.2, 0.25) is 0 Å². The maximum atomic E-state index is 12.5. The van der Waals surface area contributed by atoms with E-state index in [0.29, 0.717) is 12.2 Å². The van der Waals surface area contributed by atoms with Crippen LogP contribution in [-0.4, -0.2) is 11.9 Å². The van der Waals surface area contributed by atoms with Gasteiger partial charge in [-0.3, -0.25) is 9.63 Å². The molecule has 1 saturated heterocycles. The fraction of sp³-hybridized carbons (Fsp3) is 0.316. The number of ketones is 1. The van der Waals surface area contributed by atoms with Gasteiger partial charge in [0.05, 0.1) is 23.8 Å². The smallest absolute Gasteiger partial charge is 0.141 e. The van der Waals surface area contributed by atoms with E-state index in [2.05, 4.69) is 12.1 Å². The number of Topliss-reactive ketones (excluding diaryl/α,β-unsaturated/α-hetero) is 1. The highest BCUT2D eigenvalue weighted by Gasteiger charge is 2.49. The molecule has 0 unspecified atom stereocenters. The highest BCUT2D eigenvalue weighted by Crippen LogP contribution is 2.46. The number of nitrogens with zero attached hydrogens (tertiary/aromatic N) is 1. The molecular weight excluding hydrogens is 274 g/mol. The maximum absolute atomic E-state index is 12.5. The maximum Gasteiger partial charge on any atom is 0.141 e. The summed E-state index contributed by atoms with van der Waals surface area (Å²) in [7, 11) is 0. The molecule has 0 radical (unpaired) electrons. The first kappa shape index (κ1) is 13.5. The molecule has 0 bridgehead atoms. The van der Waals surface area contributed by atoms with E-state index in [1.54, 1.807) is 0 Å². The summed E-state index contributed by atoms with van der Waals surface area (Å²) in [5.41, 5.74) is 2.16. The van der Waals surface area contributed by atoms with Crippen LogP contribution >= 0.6 is 0 Å². The fourth-order valence-electron chi connectivity index (χ4n) is 3.68. The lowest BCUT2D eigenvalue weighted by Gasteiger charge is -2.27. The standard InChI is InChI=1S/C19H19NO2/c21-16-12-7-13-17-18(16)19(14-8-3-1-4-9-14)20(22-17)15-10-5-2-6-11-15/h1-6,8-11,17-19H,7,12-13H2/t17-,18+,19+/m0/s1. The normalized spacial score (nSPS) is 27.7. The number of hydrogen-bond acceptors (Lipinski definition) is 3. The largest absolute Gasteiger partial charge is 0.299 e. The average Bonchev–Trinajstić information content (AvgIpc) is 2.97. The molecule has 4 rings (SSSR count). The van der Waals surface area contributed by atoms with Gasteiger partial charge >= 0.3 is 0 Å². The second-order valence-electron chi connectivity index (χ2n) is 6.05. The van der Waals surface area contributed by atoms with Crippen molar-refractivity contribution in [2.24, 2.45) is 5.92 Å². The number of hydroxylamine groups is 1. The second kappa shape index (κ2) is 5.58. The van der Waals surface area contributed by atoms with E-state index in [4.69, 9.17) is 4.84 Å². The van der Waals surface area contributed by atoms with Crippen molar-refractivity contribution < 1.29 is 9.63 Å². The highest BCUT2D eigenvalue weighted by atomic mass is 16.7. The summed E-state index contributed by atoms with van der Waals surface area (Å²) < 4.78 is 0. The third kappa shape index (κ3) is 2.22. The summed E-state index contributed by atoms with van der Waals surface area (Å²) in [5, 5.41) is 1.95. The van der Waals surface area contributed by atoms with Gasteiger partial charge in [0.25, 0.3) is 0 Å². The first-order valence-corrected chi connectivity index (χ1v) is 7.93. The van der Waals surface area contributed by atoms with E-state index in [9.17, 15) is 4.79 Å². The van der Waals surface area contributed by atoms with Gasteiger partial charge in [-0.25, -0.2) is 5.06 Å². The lowest BCUT2D eigenvalue weighted by Crippen LogP contribution is -2.32. The number of carbonyl (C=O) groups excluding carboxylic acids is 1. The van der Waals surface area contributed by atoms with Gasteiger partial charge in [0.1, 0.15) is 5.78 Å². The van der Waals surface area contributed by atoms with E-state index in [1.165, 1.54) is 0 Å². The Morgan fingerprint density at radius 3 is 2.36 bits per heavy atom. The third-order valence-electron chi connectivity index (χ3n) is 4.68. The van der Waals surface area contributed by atoms with Crippen molar-refractivity contribution in [3.05, 3.63) is 66.2 Å². The summed E-state index contributed by atoms with van der Waals surface area (Å²) >= 11 is 0. The lowest BCUT2D eigenvalue weighted by molar-refractivity contribution is -0.127. The molecule has 3 nitrogen and oxygen atoms in total. The number of fused-ring (bicyclic) bond motifs is 1. The molecule has 2 aliphatic rings. The molecule has 1 aliphatic heterocycles. The van der Waals surface area contributed by atoms with Gasteiger partial charge in [-0.15, -0.1) is 0 Å². The Morgan fingerprint density at radius 2 is 1.64 bits per heavy atom. The minimum atomic E-state index is -0.0589. The van der Waals surface area contributed by atoms with Crippen molar-refractivity contribution in [3.63, 3.8) is 0 Å². The molecule has 0 N–H and O–H groups in total. The summed E-state index contributed by atoms with van der Waals surface area (Å²) in [5.74, 6) is 0.278. The zero-order chi connectivity index (χ0) is 14.9. The van der Waals surface area contributed by atoms with Crippen LogP contribution in [0, 0.1) is 5.92 Å². The van der Waals surface area contributed by atoms with Gasteiger partial charge in [-0.2, -0.15) is 0 Å². The minimum absolute atomic E-state index is 0.00617. The number of carbonyl (C=O) groups is 1. The number of benzene rings is 2. The molecule has 22 heavy (non-hydrogen) atoms. The van der Waals surface area contributed by atoms with E-state index in [0.717, 1.165) is 24.1 Å². The average molecular weight is 293 g/mol. The summed E-state index contributed by atoms with van der Waals surface area (Å²) in [4.78, 5) is 18.7. The summed E-state index contributed by atoms with van der Waals surface area (Å²) in [6, 6.07) is 20.3. The van der Waals surface area contributed by atoms with Crippen molar-refractivity contribution in [1.82, 2.24) is 0 Å². The van der Waals surface area contributed by atoms with Crippen molar-refractivity contribution in [1.29, 1.82) is 0 Å². The van der Waals surface area contributed by atoms with Crippen LogP contribution in [0.5, 0.6) is 0 Å². The molecule has 0 spiro atoms. The van der Waals surface area contributed by atoms with Crippen LogP contribution < -0.4 is 5.06 Å². The Hall–Kier alpha value is -2.13. The summed E-state index contributed by atoms with van der Waals surface area (Å²) in [6.07, 6.45) is 2.58. The zero-order valence-electron chi connectivity index (χ0n) is 12.4. The Kier molecular flexibility index (Phi) is 3.43. The van der Waals surface area contributed by atoms with Gasteiger partial charge < -0.3 is 0 Å². The monoisotopic (exact) mass is 293 g/mol. The molecule has 3 atom stereocenters. The minimum Gasteiger partial charge on any atom is -0.299 e. The molecule has 1 saturated carbocycles. The second-order valence-corrected chi connectivity index (χ2v) is 6.05. The third-order valence-corrected chi connectivity index (χ3v) is 4.68. The molecule has 0 aromatic heterocycles. The van der Waals surface area contributed by atoms with Crippen LogP contribution in [0.1, 0.15) is 30.9 Å². The van der Waals surface area contributed by atoms with Gasteiger partial charge in [-0.05, 0) is 30.5 Å². The molecule has 2 aromatic rings. The van der Waals surface area contributed by atoms with Crippen LogP contribution in [0.15, 0.2) is 60.7 Å². The number of rotatable bonds is 2. The molecule has 1 heterocycles. The SMILES string of the molecule is O=C1CCC[C@@H]2ON(c3ccccc3)[C@H](c3ccccc3)[C@H]12. The molecule has 2 aromatic carbocycles. The van der Waals surface area contributed by atoms with Crippen molar-refractivity contribution in [3.8, 4) is 0 Å². The number of anilines is 1. The summed E-state index contributed by atoms with van der Waals surface area (Å²) in [6.45, 7) is 0. The fourth-order valence-corrected chi connectivity index (χ4v) is 3.68. The quantitative estimate of drug-likeness (QED) is 0.840. The lowest BCUT2D eigenvalue weighted by atomic mass is 9.79. The number of para-hydroxylation sites is 1. The van der Waals surface area contributed by atoms with E-state index >= 15 is 0 Å². The molecule has 112 valence electrons. The van der Waals surface area contributed by atoms with Crippen LogP contribution in [0.4, 0.5) is 5.69 Å². The Morgan fingerprint density at radius 1 is 0.955 bits per heavy atom. The van der Waals surface area contributed by atoms with Crippen LogP contribution in [0.25, 0.3) is 0 Å². The predicted octanol–water partition coefficient (Wildman–Crippen LogP) is 3.92. The first-order valence-electron chi connectivity index (χ1n) is 7.93. The first-order chi connectivity index (χ1) is 10.8. The highest BCUT2D eigenvalue weighted by molar-refractivity contribution is 5.84. The molecule has 1 aliphatic carbocycles.